The van der Waals surface area contributed by atoms with Gasteiger partial charge in [-0.2, -0.15) is 0 Å². The fourth-order valence-corrected chi connectivity index (χ4v) is 8.05. The molecule has 0 bridgehead atoms. The summed E-state index contributed by atoms with van der Waals surface area (Å²) in [7, 11) is 0. The maximum atomic E-state index is 13.1. The van der Waals surface area contributed by atoms with Crippen LogP contribution in [0.25, 0.3) is 0 Å². The predicted molar refractivity (Wildman–Crippen MR) is 119 cm³/mol. The topological polar surface area (TPSA) is 101 Å². The van der Waals surface area contributed by atoms with E-state index >= 15 is 0 Å². The molecule has 0 spiro atoms. The zero-order chi connectivity index (χ0) is 23.3. The second-order valence-corrected chi connectivity index (χ2v) is 11.1. The summed E-state index contributed by atoms with van der Waals surface area (Å²) < 4.78 is 5.98. The van der Waals surface area contributed by atoms with Gasteiger partial charge in [-0.3, -0.25) is 14.4 Å². The summed E-state index contributed by atoms with van der Waals surface area (Å²) in [6.45, 7) is 5.51. The van der Waals surface area contributed by atoms with E-state index in [-0.39, 0.29) is 35.4 Å². The third-order valence-corrected chi connectivity index (χ3v) is 9.63. The summed E-state index contributed by atoms with van der Waals surface area (Å²) in [6, 6.07) is 0. The summed E-state index contributed by atoms with van der Waals surface area (Å²) >= 11 is 0. The molecule has 3 fully saturated rings. The van der Waals surface area contributed by atoms with E-state index in [2.05, 4.69) is 6.92 Å². The highest BCUT2D eigenvalue weighted by Crippen LogP contribution is 2.68. The summed E-state index contributed by atoms with van der Waals surface area (Å²) in [4.78, 5) is 37.9. The Bertz CT molecular complexity index is 832. The van der Waals surface area contributed by atoms with Gasteiger partial charge >= 0.3 is 5.97 Å². The van der Waals surface area contributed by atoms with Crippen LogP contribution in [0.3, 0.4) is 0 Å². The Hall–Kier alpha value is -1.53. The Morgan fingerprint density at radius 3 is 2.62 bits per heavy atom. The first kappa shape index (κ1) is 23.6. The molecule has 6 nitrogen and oxygen atoms in total. The molecule has 0 unspecified atom stereocenters. The second kappa shape index (κ2) is 8.35. The Morgan fingerprint density at radius 1 is 1.19 bits per heavy atom. The summed E-state index contributed by atoms with van der Waals surface area (Å²) in [5.74, 6) is -0.297. The van der Waals surface area contributed by atoms with E-state index in [9.17, 15) is 24.6 Å². The molecule has 0 radical (unpaired) electrons. The van der Waals surface area contributed by atoms with Crippen molar-refractivity contribution < 1.29 is 29.3 Å². The Balaban J connectivity index is 1.70. The number of esters is 1. The van der Waals surface area contributed by atoms with Crippen LogP contribution in [0.2, 0.25) is 0 Å². The van der Waals surface area contributed by atoms with E-state index in [4.69, 9.17) is 4.74 Å². The van der Waals surface area contributed by atoms with Crippen molar-refractivity contribution in [2.75, 3.05) is 6.61 Å². The van der Waals surface area contributed by atoms with Crippen molar-refractivity contribution >= 4 is 17.5 Å². The van der Waals surface area contributed by atoms with Crippen LogP contribution in [0.4, 0.5) is 0 Å². The highest BCUT2D eigenvalue weighted by molar-refractivity contribution is 5.92. The number of ether oxygens (including phenoxy) is 1. The second-order valence-electron chi connectivity index (χ2n) is 11.1. The minimum absolute atomic E-state index is 0.0319. The van der Waals surface area contributed by atoms with E-state index in [1.54, 1.807) is 0 Å². The van der Waals surface area contributed by atoms with E-state index in [0.29, 0.717) is 25.7 Å². The van der Waals surface area contributed by atoms with Crippen molar-refractivity contribution in [2.24, 2.45) is 28.6 Å². The number of aliphatic hydroxyl groups excluding tert-OH is 2. The number of rotatable bonds is 6. The smallest absolute Gasteiger partial charge is 0.306 e. The van der Waals surface area contributed by atoms with Gasteiger partial charge in [0.15, 0.2) is 11.4 Å². The van der Waals surface area contributed by atoms with Crippen LogP contribution in [-0.4, -0.2) is 46.1 Å². The number of carbonyl (C=O) groups is 3. The fraction of sp³-hybridized carbons (Fsp3) is 0.808. The standard InChI is InChI=1S/C26H38O6/c1-4-5-6-22(31)32-26(21(30)15-27)12-10-19-18-8-7-16-13-17(28)9-11-24(16,2)23(18)20(29)14-25(19,26)3/h13,18-20,23,27,29H,4-12,14-15H2,1-3H3/t18-,19-,20+,23+,24+,25+,26-/m1/s1. The largest absolute Gasteiger partial charge is 0.450 e. The summed E-state index contributed by atoms with van der Waals surface area (Å²) in [6.07, 6.45) is 7.44. The van der Waals surface area contributed by atoms with Gasteiger partial charge in [0.1, 0.15) is 6.61 Å². The highest BCUT2D eigenvalue weighted by Gasteiger charge is 2.70. The average molecular weight is 447 g/mol. The zero-order valence-electron chi connectivity index (χ0n) is 19.7. The lowest BCUT2D eigenvalue weighted by molar-refractivity contribution is -0.202. The molecular weight excluding hydrogens is 408 g/mol. The van der Waals surface area contributed by atoms with Crippen LogP contribution < -0.4 is 0 Å². The first-order valence-corrected chi connectivity index (χ1v) is 12.4. The van der Waals surface area contributed by atoms with Crippen LogP contribution in [-0.2, 0) is 19.1 Å². The van der Waals surface area contributed by atoms with Crippen molar-refractivity contribution in [3.05, 3.63) is 11.6 Å². The molecule has 4 aliphatic carbocycles. The maximum absolute atomic E-state index is 13.1. The number of hydrogen-bond donors (Lipinski definition) is 2. The van der Waals surface area contributed by atoms with E-state index < -0.39 is 35.5 Å². The van der Waals surface area contributed by atoms with Crippen molar-refractivity contribution in [1.29, 1.82) is 0 Å². The van der Waals surface area contributed by atoms with Gasteiger partial charge in [-0.25, -0.2) is 0 Å². The molecular formula is C26H38O6. The lowest BCUT2D eigenvalue weighted by Crippen LogP contribution is -2.63. The zero-order valence-corrected chi connectivity index (χ0v) is 19.7. The van der Waals surface area contributed by atoms with Crippen LogP contribution >= 0.6 is 0 Å². The number of unbranched alkanes of at least 4 members (excludes halogenated alkanes) is 1. The first-order chi connectivity index (χ1) is 15.1. The number of hydrogen-bond acceptors (Lipinski definition) is 6. The molecule has 6 heteroatoms. The monoisotopic (exact) mass is 446 g/mol. The molecule has 0 aromatic heterocycles. The third kappa shape index (κ3) is 3.32. The molecule has 7 atom stereocenters. The molecule has 0 amide bonds. The van der Waals surface area contributed by atoms with E-state index in [0.717, 1.165) is 32.1 Å². The van der Waals surface area contributed by atoms with Crippen LogP contribution in [0.1, 0.15) is 85.0 Å². The van der Waals surface area contributed by atoms with Crippen molar-refractivity contribution in [2.45, 2.75) is 96.7 Å². The van der Waals surface area contributed by atoms with Crippen LogP contribution in [0, 0.1) is 28.6 Å². The lowest BCUT2D eigenvalue weighted by Gasteiger charge is -2.60. The quantitative estimate of drug-likeness (QED) is 0.606. The Kier molecular flexibility index (Phi) is 6.17. The van der Waals surface area contributed by atoms with Crippen molar-refractivity contribution in [3.63, 3.8) is 0 Å². The third-order valence-electron chi connectivity index (χ3n) is 9.63. The molecule has 4 rings (SSSR count). The maximum Gasteiger partial charge on any atom is 0.306 e. The minimum atomic E-state index is -1.37. The molecule has 0 saturated heterocycles. The normalized spacial score (nSPS) is 43.0. The molecule has 0 aliphatic heterocycles. The Labute approximate surface area is 190 Å². The average Bonchev–Trinajstić information content (AvgIpc) is 3.04. The molecule has 0 heterocycles. The number of ketones is 2. The molecule has 2 N–H and O–H groups in total. The van der Waals surface area contributed by atoms with Gasteiger partial charge in [0.25, 0.3) is 0 Å². The SMILES string of the molecule is CCCCC(=O)O[C@@]1(C(=O)CO)CC[C@@H]2[C@H]3CCC4=CC(=O)CC[C@]4(C)[C@@H]3[C@@H](O)C[C@@]21C. The number of carbonyl (C=O) groups excluding carboxylic acids is 3. The van der Waals surface area contributed by atoms with E-state index in [1.807, 2.05) is 19.9 Å². The number of allylic oxidation sites excluding steroid dienone is 1. The van der Waals surface area contributed by atoms with Crippen molar-refractivity contribution in [3.8, 4) is 0 Å². The van der Waals surface area contributed by atoms with Gasteiger partial charge in [-0.05, 0) is 74.2 Å². The summed E-state index contributed by atoms with van der Waals surface area (Å²) in [5, 5.41) is 21.4. The van der Waals surface area contributed by atoms with Gasteiger partial charge in [-0.1, -0.05) is 32.8 Å². The number of fused-ring (bicyclic) bond motifs is 5. The highest BCUT2D eigenvalue weighted by atomic mass is 16.6. The molecule has 4 aliphatic rings. The molecule has 32 heavy (non-hydrogen) atoms. The first-order valence-electron chi connectivity index (χ1n) is 12.4. The number of aliphatic hydroxyl groups is 2. The molecule has 178 valence electrons. The predicted octanol–water partition coefficient (Wildman–Crippen LogP) is 3.52. The number of Topliss-reactive ketones (excluding diaryl/α,β-unsaturated/α-hetero) is 1. The molecule has 0 aromatic carbocycles. The van der Waals surface area contributed by atoms with Gasteiger partial charge in [0.05, 0.1) is 6.10 Å². The van der Waals surface area contributed by atoms with Gasteiger partial charge in [-0.15, -0.1) is 0 Å². The van der Waals surface area contributed by atoms with Crippen LogP contribution in [0.5, 0.6) is 0 Å². The summed E-state index contributed by atoms with van der Waals surface area (Å²) in [5.41, 5.74) is -1.12. The lowest BCUT2D eigenvalue weighted by atomic mass is 9.45. The van der Waals surface area contributed by atoms with Gasteiger partial charge in [0, 0.05) is 18.3 Å². The van der Waals surface area contributed by atoms with Crippen LogP contribution in [0.15, 0.2) is 11.6 Å². The Morgan fingerprint density at radius 2 is 1.94 bits per heavy atom. The van der Waals surface area contributed by atoms with Gasteiger partial charge < -0.3 is 14.9 Å². The molecule has 0 aromatic rings. The minimum Gasteiger partial charge on any atom is -0.450 e. The van der Waals surface area contributed by atoms with Gasteiger partial charge in [0.2, 0.25) is 5.78 Å². The molecule has 3 saturated carbocycles. The van der Waals surface area contributed by atoms with Crippen molar-refractivity contribution in [1.82, 2.24) is 0 Å². The fourth-order valence-electron chi connectivity index (χ4n) is 8.05. The van der Waals surface area contributed by atoms with E-state index in [1.165, 1.54) is 5.57 Å².